The number of carbonyl (C=O) groups is 1. The van der Waals surface area contributed by atoms with Gasteiger partial charge in [0, 0.05) is 4.88 Å². The third kappa shape index (κ3) is 3.30. The lowest BCUT2D eigenvalue weighted by Gasteiger charge is -2.15. The standard InChI is InChI=1S/C14H21N3O2S/c1-2-5-10(13(15)17-19)16-14(18)12-8-9-6-3-4-7-11(9)20-12/h8,10,19H,2-7H2,1H3,(H2,15,17)(H,16,18). The zero-order chi connectivity index (χ0) is 14.5. The quantitative estimate of drug-likeness (QED) is 0.337. The molecule has 1 aliphatic carbocycles. The summed E-state index contributed by atoms with van der Waals surface area (Å²) < 4.78 is 0. The normalized spacial score (nSPS) is 16.6. The van der Waals surface area contributed by atoms with Crippen LogP contribution in [-0.2, 0) is 12.8 Å². The van der Waals surface area contributed by atoms with Crippen molar-refractivity contribution in [3.05, 3.63) is 21.4 Å². The molecule has 20 heavy (non-hydrogen) atoms. The molecule has 0 spiro atoms. The fourth-order valence-corrected chi connectivity index (χ4v) is 3.64. The molecule has 0 aliphatic heterocycles. The van der Waals surface area contributed by atoms with Crippen LogP contribution in [0.15, 0.2) is 11.2 Å². The third-order valence-electron chi connectivity index (χ3n) is 3.58. The summed E-state index contributed by atoms with van der Waals surface area (Å²) in [5.74, 6) is -0.0732. The lowest BCUT2D eigenvalue weighted by Crippen LogP contribution is -2.44. The largest absolute Gasteiger partial charge is 0.409 e. The highest BCUT2D eigenvalue weighted by molar-refractivity contribution is 7.14. The molecular weight excluding hydrogens is 274 g/mol. The second-order valence-electron chi connectivity index (χ2n) is 5.11. The number of hydrogen-bond donors (Lipinski definition) is 3. The van der Waals surface area contributed by atoms with E-state index in [4.69, 9.17) is 10.9 Å². The Balaban J connectivity index is 2.08. The molecule has 0 aromatic carbocycles. The van der Waals surface area contributed by atoms with Gasteiger partial charge in [0.25, 0.3) is 5.91 Å². The van der Waals surface area contributed by atoms with Crippen LogP contribution >= 0.6 is 11.3 Å². The number of nitrogens with zero attached hydrogens (tertiary/aromatic N) is 1. The number of nitrogens with two attached hydrogens (primary N) is 1. The lowest BCUT2D eigenvalue weighted by molar-refractivity contribution is 0.0949. The average Bonchev–Trinajstić information content (AvgIpc) is 2.90. The second kappa shape index (κ2) is 6.74. The first-order valence-corrected chi connectivity index (χ1v) is 7.87. The molecular formula is C14H21N3O2S. The van der Waals surface area contributed by atoms with Crippen LogP contribution in [0.5, 0.6) is 0 Å². The van der Waals surface area contributed by atoms with Crippen molar-refractivity contribution < 1.29 is 10.0 Å². The zero-order valence-corrected chi connectivity index (χ0v) is 12.5. The molecule has 1 amide bonds. The van der Waals surface area contributed by atoms with E-state index in [1.165, 1.54) is 23.3 Å². The summed E-state index contributed by atoms with van der Waals surface area (Å²) in [5, 5.41) is 14.6. The van der Waals surface area contributed by atoms with E-state index >= 15 is 0 Å². The lowest BCUT2D eigenvalue weighted by atomic mass is 9.99. The van der Waals surface area contributed by atoms with Crippen molar-refractivity contribution in [2.45, 2.75) is 51.5 Å². The predicted molar refractivity (Wildman–Crippen MR) is 80.5 cm³/mol. The van der Waals surface area contributed by atoms with E-state index in [-0.39, 0.29) is 11.7 Å². The summed E-state index contributed by atoms with van der Waals surface area (Å²) in [6, 6.07) is 1.58. The number of nitrogens with one attached hydrogen (secondary N) is 1. The maximum atomic E-state index is 12.3. The molecule has 0 fully saturated rings. The molecule has 1 heterocycles. The van der Waals surface area contributed by atoms with Crippen LogP contribution in [0, 0.1) is 0 Å². The molecule has 4 N–H and O–H groups in total. The van der Waals surface area contributed by atoms with Crippen LogP contribution in [0.4, 0.5) is 0 Å². The molecule has 2 rings (SSSR count). The minimum absolute atomic E-state index is 0.0570. The van der Waals surface area contributed by atoms with Gasteiger partial charge >= 0.3 is 0 Å². The van der Waals surface area contributed by atoms with Crippen LogP contribution < -0.4 is 11.1 Å². The van der Waals surface area contributed by atoms with Gasteiger partial charge in [-0.05, 0) is 43.7 Å². The average molecular weight is 295 g/mol. The van der Waals surface area contributed by atoms with Gasteiger partial charge in [-0.3, -0.25) is 4.79 Å². The zero-order valence-electron chi connectivity index (χ0n) is 11.7. The summed E-state index contributed by atoms with van der Waals surface area (Å²) in [6.45, 7) is 1.99. The molecule has 6 heteroatoms. The van der Waals surface area contributed by atoms with Gasteiger partial charge in [0.2, 0.25) is 0 Å². The molecule has 1 aliphatic rings. The van der Waals surface area contributed by atoms with Crippen molar-refractivity contribution in [3.8, 4) is 0 Å². The Morgan fingerprint density at radius 1 is 1.55 bits per heavy atom. The minimum Gasteiger partial charge on any atom is -0.409 e. The van der Waals surface area contributed by atoms with Crippen molar-refractivity contribution in [1.82, 2.24) is 5.32 Å². The number of oxime groups is 1. The Bertz CT molecular complexity index is 487. The van der Waals surface area contributed by atoms with Crippen molar-refractivity contribution in [2.75, 3.05) is 0 Å². The van der Waals surface area contributed by atoms with Gasteiger partial charge in [-0.25, -0.2) is 0 Å². The molecule has 0 saturated heterocycles. The molecule has 5 nitrogen and oxygen atoms in total. The van der Waals surface area contributed by atoms with Crippen LogP contribution in [0.1, 0.15) is 52.7 Å². The number of thiophene rings is 1. The van der Waals surface area contributed by atoms with Crippen LogP contribution in [0.2, 0.25) is 0 Å². The summed E-state index contributed by atoms with van der Waals surface area (Å²) >= 11 is 1.57. The topological polar surface area (TPSA) is 87.7 Å². The fourth-order valence-electron chi connectivity index (χ4n) is 2.48. The second-order valence-corrected chi connectivity index (χ2v) is 6.24. The number of amidine groups is 1. The summed E-state index contributed by atoms with van der Waals surface area (Å²) in [6.07, 6.45) is 6.06. The molecule has 1 unspecified atom stereocenters. The Hall–Kier alpha value is -1.56. The van der Waals surface area contributed by atoms with E-state index in [2.05, 4.69) is 10.5 Å². The molecule has 0 saturated carbocycles. The van der Waals surface area contributed by atoms with E-state index in [1.807, 2.05) is 13.0 Å². The molecule has 110 valence electrons. The van der Waals surface area contributed by atoms with Crippen LogP contribution in [0.25, 0.3) is 0 Å². The summed E-state index contributed by atoms with van der Waals surface area (Å²) in [5.41, 5.74) is 6.92. The number of amides is 1. The summed E-state index contributed by atoms with van der Waals surface area (Å²) in [7, 11) is 0. The maximum absolute atomic E-state index is 12.3. The van der Waals surface area contributed by atoms with Crippen molar-refractivity contribution >= 4 is 23.1 Å². The highest BCUT2D eigenvalue weighted by Gasteiger charge is 2.21. The Morgan fingerprint density at radius 3 is 2.95 bits per heavy atom. The highest BCUT2D eigenvalue weighted by atomic mass is 32.1. The molecule has 0 radical (unpaired) electrons. The SMILES string of the molecule is CCCC(NC(=O)c1cc2c(s1)CCCC2)/C(N)=N/O. The number of aryl methyl sites for hydroxylation is 2. The molecule has 1 aromatic rings. The van der Waals surface area contributed by atoms with Gasteiger partial charge < -0.3 is 16.3 Å². The Morgan fingerprint density at radius 2 is 2.30 bits per heavy atom. The van der Waals surface area contributed by atoms with E-state index < -0.39 is 6.04 Å². The predicted octanol–water partition coefficient (Wildman–Crippen LogP) is 2.27. The monoisotopic (exact) mass is 295 g/mol. The van der Waals surface area contributed by atoms with Gasteiger partial charge in [0.1, 0.15) is 0 Å². The Labute approximate surface area is 122 Å². The smallest absolute Gasteiger partial charge is 0.261 e. The van der Waals surface area contributed by atoms with Gasteiger partial charge in [-0.1, -0.05) is 18.5 Å². The number of hydrogen-bond acceptors (Lipinski definition) is 4. The number of rotatable bonds is 5. The summed E-state index contributed by atoms with van der Waals surface area (Å²) in [4.78, 5) is 14.3. The first kappa shape index (κ1) is 14.8. The first-order chi connectivity index (χ1) is 9.65. The van der Waals surface area contributed by atoms with E-state index in [0.717, 1.165) is 24.1 Å². The highest BCUT2D eigenvalue weighted by Crippen LogP contribution is 2.29. The van der Waals surface area contributed by atoms with Gasteiger partial charge in [0.15, 0.2) is 5.84 Å². The van der Waals surface area contributed by atoms with E-state index in [0.29, 0.717) is 6.42 Å². The van der Waals surface area contributed by atoms with Crippen molar-refractivity contribution in [1.29, 1.82) is 0 Å². The van der Waals surface area contributed by atoms with Gasteiger partial charge in [0.05, 0.1) is 10.9 Å². The molecule has 1 aromatic heterocycles. The Kier molecular flexibility index (Phi) is 5.00. The van der Waals surface area contributed by atoms with Crippen molar-refractivity contribution in [3.63, 3.8) is 0 Å². The molecule has 0 bridgehead atoms. The van der Waals surface area contributed by atoms with E-state index in [9.17, 15) is 4.79 Å². The van der Waals surface area contributed by atoms with Gasteiger partial charge in [-0.15, -0.1) is 11.3 Å². The fraction of sp³-hybridized carbons (Fsp3) is 0.571. The van der Waals surface area contributed by atoms with Crippen LogP contribution in [-0.4, -0.2) is 23.0 Å². The minimum atomic E-state index is -0.406. The number of fused-ring (bicyclic) bond motifs is 1. The first-order valence-electron chi connectivity index (χ1n) is 7.05. The third-order valence-corrected chi connectivity index (χ3v) is 4.81. The molecule has 1 atom stereocenters. The number of carbonyl (C=O) groups excluding carboxylic acids is 1. The van der Waals surface area contributed by atoms with Gasteiger partial charge in [-0.2, -0.15) is 0 Å². The van der Waals surface area contributed by atoms with E-state index in [1.54, 1.807) is 11.3 Å². The van der Waals surface area contributed by atoms with Crippen LogP contribution in [0.3, 0.4) is 0 Å². The van der Waals surface area contributed by atoms with Crippen molar-refractivity contribution in [2.24, 2.45) is 10.9 Å². The maximum Gasteiger partial charge on any atom is 0.261 e.